The third-order valence-electron chi connectivity index (χ3n) is 2.55. The van der Waals surface area contributed by atoms with Gasteiger partial charge < -0.3 is 10.2 Å². The third kappa shape index (κ3) is 3.43. The Balaban J connectivity index is 1.71. The van der Waals surface area contributed by atoms with Crippen LogP contribution in [-0.2, 0) is 0 Å². The summed E-state index contributed by atoms with van der Waals surface area (Å²) >= 11 is 3.26. The average Bonchev–Trinajstić information content (AvgIpc) is 2.74. The van der Waals surface area contributed by atoms with Gasteiger partial charge in [-0.1, -0.05) is 0 Å². The first-order valence-corrected chi connectivity index (χ1v) is 6.08. The Morgan fingerprint density at radius 3 is 2.73 bits per heavy atom. The minimum Gasteiger partial charge on any atom is -0.368 e. The molecule has 1 saturated heterocycles. The van der Waals surface area contributed by atoms with Gasteiger partial charge in [0.15, 0.2) is 0 Å². The van der Waals surface area contributed by atoms with Crippen LogP contribution in [0.2, 0.25) is 0 Å². The number of hydrogen-bond donors (Lipinski definition) is 1. The molecule has 15 heavy (non-hydrogen) atoms. The summed E-state index contributed by atoms with van der Waals surface area (Å²) in [5.41, 5.74) is 0. The Morgan fingerprint density at radius 2 is 2.07 bits per heavy atom. The summed E-state index contributed by atoms with van der Waals surface area (Å²) in [5, 5.41) is 3.26. The van der Waals surface area contributed by atoms with Crippen molar-refractivity contribution in [2.24, 2.45) is 0 Å². The minimum absolute atomic E-state index is 0.771. The first-order valence-electron chi connectivity index (χ1n) is 5.28. The molecule has 0 bridgehead atoms. The number of nitrogens with one attached hydrogen (secondary N) is 1. The summed E-state index contributed by atoms with van der Waals surface area (Å²) in [6.07, 6.45) is 6.14. The fraction of sp³-hybridized carbons (Fsp3) is 0.600. The second-order valence-electron chi connectivity index (χ2n) is 3.70. The summed E-state index contributed by atoms with van der Waals surface area (Å²) in [6, 6.07) is 0. The molecule has 82 valence electrons. The number of likely N-dealkylation sites (tertiary alicyclic amines) is 1. The van der Waals surface area contributed by atoms with E-state index in [9.17, 15) is 0 Å². The van der Waals surface area contributed by atoms with Gasteiger partial charge in [0, 0.05) is 13.1 Å². The molecule has 4 nitrogen and oxygen atoms in total. The van der Waals surface area contributed by atoms with Crippen LogP contribution in [0.5, 0.6) is 0 Å². The molecule has 0 amide bonds. The lowest BCUT2D eigenvalue weighted by Gasteiger charge is -2.14. The van der Waals surface area contributed by atoms with Crippen LogP contribution >= 0.6 is 15.9 Å². The van der Waals surface area contributed by atoms with Gasteiger partial charge in [-0.25, -0.2) is 9.97 Å². The highest BCUT2D eigenvalue weighted by Gasteiger charge is 2.10. The molecule has 1 aliphatic rings. The molecule has 0 unspecified atom stereocenters. The van der Waals surface area contributed by atoms with Crippen molar-refractivity contribution in [1.29, 1.82) is 0 Å². The molecular formula is C10H15BrN4. The Morgan fingerprint density at radius 1 is 1.27 bits per heavy atom. The Labute approximate surface area is 98.2 Å². The number of rotatable bonds is 4. The minimum atomic E-state index is 0.771. The zero-order chi connectivity index (χ0) is 10.5. The van der Waals surface area contributed by atoms with Gasteiger partial charge in [-0.15, -0.1) is 0 Å². The van der Waals surface area contributed by atoms with E-state index in [4.69, 9.17) is 0 Å². The Bertz CT molecular complexity index is 295. The molecule has 1 aromatic rings. The summed E-state index contributed by atoms with van der Waals surface area (Å²) in [5.74, 6) is 0.845. The van der Waals surface area contributed by atoms with Crippen LogP contribution in [0.15, 0.2) is 17.0 Å². The van der Waals surface area contributed by atoms with E-state index in [-0.39, 0.29) is 0 Å². The van der Waals surface area contributed by atoms with Gasteiger partial charge in [0.05, 0.1) is 12.4 Å². The van der Waals surface area contributed by atoms with Gasteiger partial charge in [0.25, 0.3) is 0 Å². The second-order valence-corrected chi connectivity index (χ2v) is 4.51. The summed E-state index contributed by atoms with van der Waals surface area (Å²) in [6.45, 7) is 4.52. The molecule has 0 radical (unpaired) electrons. The summed E-state index contributed by atoms with van der Waals surface area (Å²) in [4.78, 5) is 10.8. The Hall–Kier alpha value is -0.680. The third-order valence-corrected chi connectivity index (χ3v) is 2.96. The largest absolute Gasteiger partial charge is 0.368 e. The van der Waals surface area contributed by atoms with E-state index in [1.807, 2.05) is 0 Å². The fourth-order valence-corrected chi connectivity index (χ4v) is 1.96. The SMILES string of the molecule is Brc1cnc(NCCN2CCCC2)cn1. The molecule has 0 atom stereocenters. The number of nitrogens with zero attached hydrogens (tertiary/aromatic N) is 3. The first-order chi connectivity index (χ1) is 7.34. The lowest BCUT2D eigenvalue weighted by Crippen LogP contribution is -2.26. The standard InChI is InChI=1S/C10H15BrN4/c11-9-7-14-10(8-13-9)12-3-6-15-4-1-2-5-15/h7-8H,1-6H2,(H,12,14). The molecule has 0 spiro atoms. The molecule has 5 heteroatoms. The van der Waals surface area contributed by atoms with Crippen LogP contribution in [0.4, 0.5) is 5.82 Å². The molecule has 2 heterocycles. The topological polar surface area (TPSA) is 41.1 Å². The number of hydrogen-bond acceptors (Lipinski definition) is 4. The van der Waals surface area contributed by atoms with Crippen LogP contribution in [0, 0.1) is 0 Å². The van der Waals surface area contributed by atoms with E-state index in [1.54, 1.807) is 12.4 Å². The summed E-state index contributed by atoms with van der Waals surface area (Å²) in [7, 11) is 0. The molecule has 0 aliphatic carbocycles. The van der Waals surface area contributed by atoms with Crippen molar-refractivity contribution in [2.75, 3.05) is 31.5 Å². The van der Waals surface area contributed by atoms with E-state index in [2.05, 4.69) is 36.1 Å². The van der Waals surface area contributed by atoms with Crippen molar-refractivity contribution in [3.63, 3.8) is 0 Å². The number of aromatic nitrogens is 2. The van der Waals surface area contributed by atoms with Crippen LogP contribution in [0.3, 0.4) is 0 Å². The number of anilines is 1. The first kappa shape index (κ1) is 10.8. The molecule has 1 aliphatic heterocycles. The van der Waals surface area contributed by atoms with E-state index in [0.717, 1.165) is 23.5 Å². The predicted octanol–water partition coefficient (Wildman–Crippen LogP) is 1.75. The van der Waals surface area contributed by atoms with Gasteiger partial charge in [-0.05, 0) is 41.9 Å². The molecule has 1 fully saturated rings. The van der Waals surface area contributed by atoms with Crippen molar-refractivity contribution < 1.29 is 0 Å². The lowest BCUT2D eigenvalue weighted by molar-refractivity contribution is 0.352. The lowest BCUT2D eigenvalue weighted by atomic mass is 10.4. The normalized spacial score (nSPS) is 16.9. The van der Waals surface area contributed by atoms with Gasteiger partial charge >= 0.3 is 0 Å². The van der Waals surface area contributed by atoms with E-state index < -0.39 is 0 Å². The van der Waals surface area contributed by atoms with Gasteiger partial charge in [0.2, 0.25) is 0 Å². The smallest absolute Gasteiger partial charge is 0.144 e. The highest BCUT2D eigenvalue weighted by molar-refractivity contribution is 9.10. The van der Waals surface area contributed by atoms with Gasteiger partial charge in [-0.3, -0.25) is 0 Å². The van der Waals surface area contributed by atoms with E-state index in [0.29, 0.717) is 0 Å². The zero-order valence-corrected chi connectivity index (χ0v) is 10.2. The highest BCUT2D eigenvalue weighted by Crippen LogP contribution is 2.08. The quantitative estimate of drug-likeness (QED) is 0.905. The van der Waals surface area contributed by atoms with Crippen molar-refractivity contribution >= 4 is 21.7 Å². The molecular weight excluding hydrogens is 256 g/mol. The van der Waals surface area contributed by atoms with E-state index in [1.165, 1.54) is 25.9 Å². The zero-order valence-electron chi connectivity index (χ0n) is 8.62. The van der Waals surface area contributed by atoms with Gasteiger partial charge in [0.1, 0.15) is 10.4 Å². The Kier molecular flexibility index (Phi) is 3.91. The van der Waals surface area contributed by atoms with Gasteiger partial charge in [-0.2, -0.15) is 0 Å². The van der Waals surface area contributed by atoms with Crippen molar-refractivity contribution in [3.8, 4) is 0 Å². The molecule has 1 aromatic heterocycles. The van der Waals surface area contributed by atoms with Crippen LogP contribution in [0.25, 0.3) is 0 Å². The van der Waals surface area contributed by atoms with Crippen LogP contribution < -0.4 is 5.32 Å². The van der Waals surface area contributed by atoms with E-state index >= 15 is 0 Å². The maximum Gasteiger partial charge on any atom is 0.144 e. The fourth-order valence-electron chi connectivity index (χ4n) is 1.75. The van der Waals surface area contributed by atoms with Crippen molar-refractivity contribution in [1.82, 2.24) is 14.9 Å². The van der Waals surface area contributed by atoms with Crippen molar-refractivity contribution in [3.05, 3.63) is 17.0 Å². The second kappa shape index (κ2) is 5.42. The maximum absolute atomic E-state index is 4.20. The maximum atomic E-state index is 4.20. The monoisotopic (exact) mass is 270 g/mol. The molecule has 1 N–H and O–H groups in total. The number of halogens is 1. The molecule has 0 saturated carbocycles. The predicted molar refractivity (Wildman–Crippen MR) is 63.9 cm³/mol. The molecule has 0 aromatic carbocycles. The average molecular weight is 271 g/mol. The summed E-state index contributed by atoms with van der Waals surface area (Å²) < 4.78 is 0.771. The highest BCUT2D eigenvalue weighted by atomic mass is 79.9. The van der Waals surface area contributed by atoms with Crippen LogP contribution in [0.1, 0.15) is 12.8 Å². The van der Waals surface area contributed by atoms with Crippen molar-refractivity contribution in [2.45, 2.75) is 12.8 Å². The van der Waals surface area contributed by atoms with Crippen LogP contribution in [-0.4, -0.2) is 41.0 Å². The molecule has 2 rings (SSSR count).